The van der Waals surface area contributed by atoms with E-state index in [4.69, 9.17) is 26.1 Å². The van der Waals surface area contributed by atoms with Crippen molar-refractivity contribution in [3.63, 3.8) is 0 Å². The summed E-state index contributed by atoms with van der Waals surface area (Å²) >= 11 is 6.56. The average molecular weight is 372 g/mol. The number of nitrogens with zero attached hydrogens (tertiary/aromatic N) is 3. The average Bonchev–Trinajstić information content (AvgIpc) is 2.69. The van der Waals surface area contributed by atoms with Crippen molar-refractivity contribution in [3.05, 3.63) is 46.8 Å². The summed E-state index contributed by atoms with van der Waals surface area (Å²) in [6, 6.07) is 6.03. The first kappa shape index (κ1) is 17.3. The maximum Gasteiger partial charge on any atom is 0.159 e. The molecule has 0 N–H and O–H groups in total. The highest BCUT2D eigenvalue weighted by Gasteiger charge is 2.19. The van der Waals surface area contributed by atoms with Crippen molar-refractivity contribution in [2.45, 2.75) is 19.8 Å². The molecule has 0 radical (unpaired) electrons. The molecule has 1 fully saturated rings. The Hall–Kier alpha value is -2.11. The second-order valence-corrected chi connectivity index (χ2v) is 6.78. The highest BCUT2D eigenvalue weighted by molar-refractivity contribution is 6.33. The summed E-state index contributed by atoms with van der Waals surface area (Å²) < 4.78 is 11.2. The molecule has 5 nitrogen and oxygen atoms in total. The quantitative estimate of drug-likeness (QED) is 0.814. The highest BCUT2D eigenvalue weighted by Crippen LogP contribution is 2.32. The van der Waals surface area contributed by atoms with Crippen molar-refractivity contribution in [3.8, 4) is 11.4 Å². The molecule has 1 aliphatic carbocycles. The summed E-state index contributed by atoms with van der Waals surface area (Å²) in [6.07, 6.45) is 5.93. The number of rotatable bonds is 4. The van der Waals surface area contributed by atoms with Crippen LogP contribution in [0.3, 0.4) is 0 Å². The van der Waals surface area contributed by atoms with Crippen LogP contribution in [0, 0.1) is 0 Å². The van der Waals surface area contributed by atoms with E-state index in [1.165, 1.54) is 0 Å². The number of hydrogen-bond donors (Lipinski definition) is 0. The zero-order valence-corrected chi connectivity index (χ0v) is 15.6. The van der Waals surface area contributed by atoms with Gasteiger partial charge in [-0.25, -0.2) is 9.97 Å². The number of fused-ring (bicyclic) bond motifs is 1. The minimum atomic E-state index is 0.630. The van der Waals surface area contributed by atoms with Crippen molar-refractivity contribution in [2.75, 3.05) is 37.8 Å². The molecular weight excluding hydrogens is 350 g/mol. The van der Waals surface area contributed by atoms with Gasteiger partial charge in [0.2, 0.25) is 0 Å². The Morgan fingerprint density at radius 3 is 2.88 bits per heavy atom. The molecule has 0 saturated carbocycles. The molecule has 0 unspecified atom stereocenters. The van der Waals surface area contributed by atoms with Crippen LogP contribution in [0.4, 0.5) is 5.69 Å². The molecule has 1 aliphatic heterocycles. The largest absolute Gasteiger partial charge is 0.492 e. The number of allylic oxidation sites excluding steroid dienone is 1. The molecule has 0 spiro atoms. The molecule has 1 saturated heterocycles. The summed E-state index contributed by atoms with van der Waals surface area (Å²) in [4.78, 5) is 11.6. The van der Waals surface area contributed by atoms with Crippen LogP contribution in [0.1, 0.15) is 24.6 Å². The van der Waals surface area contributed by atoms with E-state index in [1.54, 1.807) is 0 Å². The topological polar surface area (TPSA) is 47.5 Å². The van der Waals surface area contributed by atoms with Crippen LogP contribution >= 0.6 is 11.6 Å². The number of morpholine rings is 1. The van der Waals surface area contributed by atoms with Gasteiger partial charge in [0, 0.05) is 30.4 Å². The SMILES string of the molecule is CCOC1=CCCc2cnc(-c3ccc(N4CCOCC4)c(Cl)c3)nc21. The van der Waals surface area contributed by atoms with E-state index >= 15 is 0 Å². The van der Waals surface area contributed by atoms with Crippen molar-refractivity contribution >= 4 is 23.0 Å². The zero-order valence-electron chi connectivity index (χ0n) is 14.9. The molecule has 0 amide bonds. The molecule has 6 heteroatoms. The van der Waals surface area contributed by atoms with Crippen LogP contribution < -0.4 is 4.90 Å². The lowest BCUT2D eigenvalue weighted by Gasteiger charge is -2.29. The molecule has 136 valence electrons. The number of halogens is 1. The number of benzene rings is 1. The zero-order chi connectivity index (χ0) is 17.9. The Morgan fingerprint density at radius 1 is 1.27 bits per heavy atom. The standard InChI is InChI=1S/C20H22ClN3O2/c1-2-26-18-5-3-4-15-13-22-20(23-19(15)18)14-6-7-17(16(21)12-14)24-8-10-25-11-9-24/h5-7,12-13H,2-4,8-11H2,1H3. The third-order valence-electron chi connectivity index (χ3n) is 4.70. The molecule has 26 heavy (non-hydrogen) atoms. The molecule has 4 rings (SSSR count). The van der Waals surface area contributed by atoms with Crippen molar-refractivity contribution in [1.82, 2.24) is 9.97 Å². The highest BCUT2D eigenvalue weighted by atomic mass is 35.5. The van der Waals surface area contributed by atoms with E-state index in [0.29, 0.717) is 17.5 Å². The van der Waals surface area contributed by atoms with Gasteiger partial charge in [-0.15, -0.1) is 0 Å². The van der Waals surface area contributed by atoms with Gasteiger partial charge in [0.25, 0.3) is 0 Å². The Kier molecular flexibility index (Phi) is 5.09. The predicted molar refractivity (Wildman–Crippen MR) is 103 cm³/mol. The van der Waals surface area contributed by atoms with Crippen molar-refractivity contribution in [1.29, 1.82) is 0 Å². The molecule has 0 atom stereocenters. The van der Waals surface area contributed by atoms with E-state index in [1.807, 2.05) is 31.3 Å². The van der Waals surface area contributed by atoms with E-state index in [0.717, 1.165) is 67.4 Å². The molecule has 0 bridgehead atoms. The lowest BCUT2D eigenvalue weighted by molar-refractivity contribution is 0.122. The van der Waals surface area contributed by atoms with E-state index in [9.17, 15) is 0 Å². The fourth-order valence-electron chi connectivity index (χ4n) is 3.39. The lowest BCUT2D eigenvalue weighted by Crippen LogP contribution is -2.36. The Balaban J connectivity index is 1.65. The third kappa shape index (κ3) is 3.41. The lowest BCUT2D eigenvalue weighted by atomic mass is 10.0. The Morgan fingerprint density at radius 2 is 2.12 bits per heavy atom. The van der Waals surface area contributed by atoms with Crippen molar-refractivity contribution < 1.29 is 9.47 Å². The second-order valence-electron chi connectivity index (χ2n) is 6.37. The molecule has 2 aliphatic rings. The van der Waals surface area contributed by atoms with E-state index < -0.39 is 0 Å². The summed E-state index contributed by atoms with van der Waals surface area (Å²) in [6.45, 7) is 5.80. The van der Waals surface area contributed by atoms with Gasteiger partial charge in [0.15, 0.2) is 5.82 Å². The van der Waals surface area contributed by atoms with Crippen LogP contribution in [0.5, 0.6) is 0 Å². The van der Waals surface area contributed by atoms with Gasteiger partial charge in [0.1, 0.15) is 11.5 Å². The molecular formula is C20H22ClN3O2. The van der Waals surface area contributed by atoms with E-state index in [-0.39, 0.29) is 0 Å². The van der Waals surface area contributed by atoms with Gasteiger partial charge in [-0.2, -0.15) is 0 Å². The van der Waals surface area contributed by atoms with Crippen molar-refractivity contribution in [2.24, 2.45) is 0 Å². The predicted octanol–water partition coefficient (Wildman–Crippen LogP) is 3.96. The Labute approximate surface area is 158 Å². The van der Waals surface area contributed by atoms with Gasteiger partial charge in [0.05, 0.1) is 30.5 Å². The van der Waals surface area contributed by atoms with Crippen LogP contribution in [-0.4, -0.2) is 42.9 Å². The summed E-state index contributed by atoms with van der Waals surface area (Å²) in [5, 5.41) is 0.714. The summed E-state index contributed by atoms with van der Waals surface area (Å²) in [7, 11) is 0. The fraction of sp³-hybridized carbons (Fsp3) is 0.400. The molecule has 1 aromatic heterocycles. The minimum Gasteiger partial charge on any atom is -0.492 e. The first-order valence-electron chi connectivity index (χ1n) is 9.08. The number of anilines is 1. The second kappa shape index (κ2) is 7.64. The Bertz CT molecular complexity index is 832. The molecule has 2 heterocycles. The maximum atomic E-state index is 6.56. The van der Waals surface area contributed by atoms with Gasteiger partial charge >= 0.3 is 0 Å². The number of hydrogen-bond acceptors (Lipinski definition) is 5. The van der Waals surface area contributed by atoms with Gasteiger partial charge in [-0.1, -0.05) is 11.6 Å². The first-order valence-corrected chi connectivity index (χ1v) is 9.46. The van der Waals surface area contributed by atoms with E-state index in [2.05, 4.69) is 16.0 Å². The number of aryl methyl sites for hydroxylation is 1. The summed E-state index contributed by atoms with van der Waals surface area (Å²) in [5.41, 5.74) is 3.98. The first-order chi connectivity index (χ1) is 12.8. The fourth-order valence-corrected chi connectivity index (χ4v) is 3.69. The van der Waals surface area contributed by atoms with Crippen LogP contribution in [-0.2, 0) is 15.9 Å². The van der Waals surface area contributed by atoms with Gasteiger partial charge in [-0.05, 0) is 44.0 Å². The monoisotopic (exact) mass is 371 g/mol. The third-order valence-corrected chi connectivity index (χ3v) is 5.00. The van der Waals surface area contributed by atoms with Crippen LogP contribution in [0.25, 0.3) is 17.1 Å². The van der Waals surface area contributed by atoms with Crippen LogP contribution in [0.2, 0.25) is 5.02 Å². The molecule has 2 aromatic rings. The number of ether oxygens (including phenoxy) is 2. The summed E-state index contributed by atoms with van der Waals surface area (Å²) in [5.74, 6) is 1.53. The van der Waals surface area contributed by atoms with Gasteiger partial charge in [-0.3, -0.25) is 0 Å². The minimum absolute atomic E-state index is 0.630. The smallest absolute Gasteiger partial charge is 0.159 e. The maximum absolute atomic E-state index is 6.56. The van der Waals surface area contributed by atoms with Crippen LogP contribution in [0.15, 0.2) is 30.5 Å². The van der Waals surface area contributed by atoms with Gasteiger partial charge < -0.3 is 14.4 Å². The number of aromatic nitrogens is 2. The molecule has 1 aromatic carbocycles. The normalized spacial score (nSPS) is 16.8.